The number of carbonyl (C=O) groups is 1. The number of benzene rings is 4. The summed E-state index contributed by atoms with van der Waals surface area (Å²) in [6.07, 6.45) is 3.78. The van der Waals surface area contributed by atoms with E-state index >= 15 is 0 Å². The van der Waals surface area contributed by atoms with E-state index in [2.05, 4.69) is 91.8 Å². The summed E-state index contributed by atoms with van der Waals surface area (Å²) in [5.74, 6) is -0.242. The molecule has 5 heteroatoms. The third kappa shape index (κ3) is 4.20. The first-order valence-corrected chi connectivity index (χ1v) is 11.1. The van der Waals surface area contributed by atoms with Crippen molar-refractivity contribution in [2.75, 3.05) is 0 Å². The molecular weight excluding hydrogens is 462 g/mol. The predicted molar refractivity (Wildman–Crippen MR) is 134 cm³/mol. The summed E-state index contributed by atoms with van der Waals surface area (Å²) < 4.78 is 3.15. The maximum absolute atomic E-state index is 12.3. The van der Waals surface area contributed by atoms with Crippen LogP contribution in [0, 0.1) is 0 Å². The topological polar surface area (TPSA) is 46.4 Å². The number of rotatable bonds is 5. The third-order valence-corrected chi connectivity index (χ3v) is 5.99. The lowest BCUT2D eigenvalue weighted by atomic mass is 10.1. The van der Waals surface area contributed by atoms with Crippen molar-refractivity contribution in [1.29, 1.82) is 0 Å². The minimum absolute atomic E-state index is 0.242. The number of carbonyl (C=O) groups excluding carboxylic acids is 1. The Morgan fingerprint density at radius 3 is 2.50 bits per heavy atom. The van der Waals surface area contributed by atoms with Gasteiger partial charge in [-0.05, 0) is 52.7 Å². The van der Waals surface area contributed by atoms with Crippen LogP contribution in [0.4, 0.5) is 0 Å². The molecule has 0 spiro atoms. The molecule has 32 heavy (non-hydrogen) atoms. The monoisotopic (exact) mass is 481 g/mol. The standard InChI is InChI=1S/C27H20BrN3O/c28-24-13-11-21(12-14-24)27(32)30-29-16-23-18-31(26-8-4-3-7-25(23)26)17-19-9-10-20-5-1-2-6-22(20)15-19/h1-16,18H,17H2,(H,30,32)/b29-16+. The number of halogens is 1. The molecule has 0 bridgehead atoms. The van der Waals surface area contributed by atoms with Crippen LogP contribution in [0.25, 0.3) is 21.7 Å². The first-order valence-electron chi connectivity index (χ1n) is 10.3. The summed E-state index contributed by atoms with van der Waals surface area (Å²) in [4.78, 5) is 12.3. The maximum Gasteiger partial charge on any atom is 0.271 e. The number of hydrazone groups is 1. The second kappa shape index (κ2) is 8.81. The second-order valence-electron chi connectivity index (χ2n) is 7.62. The van der Waals surface area contributed by atoms with Crippen molar-refractivity contribution in [2.45, 2.75) is 6.54 Å². The summed E-state index contributed by atoms with van der Waals surface area (Å²) >= 11 is 3.37. The fraction of sp³-hybridized carbons (Fsp3) is 0.0370. The first kappa shape index (κ1) is 20.2. The lowest BCUT2D eigenvalue weighted by molar-refractivity contribution is 0.0955. The highest BCUT2D eigenvalue weighted by Crippen LogP contribution is 2.23. The van der Waals surface area contributed by atoms with Crippen LogP contribution in [0.2, 0.25) is 0 Å². The van der Waals surface area contributed by atoms with E-state index in [0.717, 1.165) is 27.5 Å². The van der Waals surface area contributed by atoms with Crippen LogP contribution < -0.4 is 5.43 Å². The van der Waals surface area contributed by atoms with E-state index < -0.39 is 0 Å². The Hall–Kier alpha value is -3.70. The molecule has 0 atom stereocenters. The van der Waals surface area contributed by atoms with E-state index in [1.807, 2.05) is 24.3 Å². The minimum atomic E-state index is -0.242. The normalized spacial score (nSPS) is 11.4. The third-order valence-electron chi connectivity index (χ3n) is 5.46. The van der Waals surface area contributed by atoms with Gasteiger partial charge < -0.3 is 4.57 Å². The van der Waals surface area contributed by atoms with E-state index in [9.17, 15) is 4.79 Å². The van der Waals surface area contributed by atoms with Crippen LogP contribution in [-0.2, 0) is 6.54 Å². The summed E-state index contributed by atoms with van der Waals surface area (Å²) in [6, 6.07) is 30.4. The van der Waals surface area contributed by atoms with E-state index in [1.54, 1.807) is 18.3 Å². The van der Waals surface area contributed by atoms with Gasteiger partial charge in [-0.1, -0.05) is 70.5 Å². The molecule has 0 unspecified atom stereocenters. The van der Waals surface area contributed by atoms with Gasteiger partial charge in [0, 0.05) is 39.2 Å². The summed E-state index contributed by atoms with van der Waals surface area (Å²) in [6.45, 7) is 0.754. The number of nitrogens with one attached hydrogen (secondary N) is 1. The highest BCUT2D eigenvalue weighted by Gasteiger charge is 2.08. The molecule has 0 fully saturated rings. The van der Waals surface area contributed by atoms with E-state index in [4.69, 9.17) is 0 Å². The van der Waals surface area contributed by atoms with Crippen molar-refractivity contribution in [2.24, 2.45) is 5.10 Å². The molecule has 1 heterocycles. The quantitative estimate of drug-likeness (QED) is 0.230. The summed E-state index contributed by atoms with van der Waals surface area (Å²) in [5.41, 5.74) is 6.49. The molecule has 4 aromatic carbocycles. The molecule has 0 saturated heterocycles. The molecule has 4 nitrogen and oxygen atoms in total. The number of amides is 1. The van der Waals surface area contributed by atoms with Crippen LogP contribution in [0.15, 0.2) is 107 Å². The molecule has 156 valence electrons. The fourth-order valence-corrected chi connectivity index (χ4v) is 4.13. The summed E-state index contributed by atoms with van der Waals surface area (Å²) in [7, 11) is 0. The lowest BCUT2D eigenvalue weighted by Crippen LogP contribution is -2.17. The highest BCUT2D eigenvalue weighted by molar-refractivity contribution is 9.10. The van der Waals surface area contributed by atoms with Gasteiger partial charge >= 0.3 is 0 Å². The second-order valence-corrected chi connectivity index (χ2v) is 8.53. The average Bonchev–Trinajstić information content (AvgIpc) is 3.17. The Morgan fingerprint density at radius 1 is 0.906 bits per heavy atom. The van der Waals surface area contributed by atoms with Crippen LogP contribution >= 0.6 is 15.9 Å². The minimum Gasteiger partial charge on any atom is -0.342 e. The maximum atomic E-state index is 12.3. The molecule has 0 aliphatic carbocycles. The zero-order valence-electron chi connectivity index (χ0n) is 17.2. The molecule has 1 aromatic heterocycles. The van der Waals surface area contributed by atoms with Gasteiger partial charge in [0.25, 0.3) is 5.91 Å². The highest BCUT2D eigenvalue weighted by atomic mass is 79.9. The molecule has 5 aromatic rings. The zero-order chi connectivity index (χ0) is 21.9. The van der Waals surface area contributed by atoms with Crippen LogP contribution in [0.5, 0.6) is 0 Å². The zero-order valence-corrected chi connectivity index (χ0v) is 18.8. The molecular formula is C27H20BrN3O. The van der Waals surface area contributed by atoms with Gasteiger partial charge in [0.1, 0.15) is 0 Å². The smallest absolute Gasteiger partial charge is 0.271 e. The lowest BCUT2D eigenvalue weighted by Gasteiger charge is -2.07. The Bertz CT molecular complexity index is 1450. The van der Waals surface area contributed by atoms with Crippen LogP contribution in [0.1, 0.15) is 21.5 Å². The van der Waals surface area contributed by atoms with Crippen LogP contribution in [0.3, 0.4) is 0 Å². The van der Waals surface area contributed by atoms with E-state index in [-0.39, 0.29) is 5.91 Å². The largest absolute Gasteiger partial charge is 0.342 e. The Balaban J connectivity index is 1.40. The molecule has 0 aliphatic heterocycles. The fourth-order valence-electron chi connectivity index (χ4n) is 3.87. The molecule has 0 aliphatic rings. The van der Waals surface area contributed by atoms with Crippen molar-refractivity contribution < 1.29 is 4.79 Å². The molecule has 1 N–H and O–H groups in total. The molecule has 0 saturated carbocycles. The van der Waals surface area contributed by atoms with Gasteiger partial charge in [0.15, 0.2) is 0 Å². The molecule has 1 amide bonds. The van der Waals surface area contributed by atoms with Crippen molar-refractivity contribution in [1.82, 2.24) is 9.99 Å². The van der Waals surface area contributed by atoms with Gasteiger partial charge in [-0.3, -0.25) is 4.79 Å². The number of aromatic nitrogens is 1. The number of fused-ring (bicyclic) bond motifs is 2. The number of nitrogens with zero attached hydrogens (tertiary/aromatic N) is 2. The molecule has 5 rings (SSSR count). The van der Waals surface area contributed by atoms with Gasteiger partial charge in [0.05, 0.1) is 6.21 Å². The predicted octanol–water partition coefficient (Wildman–Crippen LogP) is 6.37. The average molecular weight is 482 g/mol. The van der Waals surface area contributed by atoms with Gasteiger partial charge in [0.2, 0.25) is 0 Å². The van der Waals surface area contributed by atoms with E-state index in [0.29, 0.717) is 5.56 Å². The van der Waals surface area contributed by atoms with Crippen molar-refractivity contribution in [3.8, 4) is 0 Å². The van der Waals surface area contributed by atoms with Gasteiger partial charge in [-0.25, -0.2) is 5.43 Å². The number of hydrogen-bond donors (Lipinski definition) is 1. The number of para-hydroxylation sites is 1. The Kier molecular flexibility index (Phi) is 5.57. The van der Waals surface area contributed by atoms with E-state index in [1.165, 1.54) is 16.3 Å². The first-order chi connectivity index (χ1) is 15.7. The van der Waals surface area contributed by atoms with Gasteiger partial charge in [-0.2, -0.15) is 5.10 Å². The van der Waals surface area contributed by atoms with Crippen molar-refractivity contribution in [3.05, 3.63) is 118 Å². The number of hydrogen-bond acceptors (Lipinski definition) is 2. The van der Waals surface area contributed by atoms with Gasteiger partial charge in [-0.15, -0.1) is 0 Å². The van der Waals surface area contributed by atoms with Crippen molar-refractivity contribution in [3.63, 3.8) is 0 Å². The summed E-state index contributed by atoms with van der Waals surface area (Å²) in [5, 5.41) is 7.77. The SMILES string of the molecule is O=C(N/N=C/c1cn(Cc2ccc3ccccc3c2)c2ccccc12)c1ccc(Br)cc1. The van der Waals surface area contributed by atoms with Crippen molar-refractivity contribution >= 4 is 49.7 Å². The molecule has 0 radical (unpaired) electrons. The Labute approximate surface area is 194 Å². The Morgan fingerprint density at radius 2 is 1.66 bits per heavy atom. The van der Waals surface area contributed by atoms with Crippen LogP contribution in [-0.4, -0.2) is 16.7 Å².